The maximum Gasteiger partial charge on any atom is 0.320 e. The van der Waals surface area contributed by atoms with E-state index in [-0.39, 0.29) is 18.1 Å². The Balaban J connectivity index is 2.36. The van der Waals surface area contributed by atoms with Crippen LogP contribution in [-0.2, 0) is 9.59 Å². The molecule has 1 saturated heterocycles. The summed E-state index contributed by atoms with van der Waals surface area (Å²) in [6.45, 7) is 1.66. The molecule has 1 fully saturated rings. The van der Waals surface area contributed by atoms with Gasteiger partial charge in [0.15, 0.2) is 0 Å². The summed E-state index contributed by atoms with van der Waals surface area (Å²) in [7, 11) is 0. The number of nitrogens with two attached hydrogens (primary N) is 1. The van der Waals surface area contributed by atoms with Crippen LogP contribution in [0.3, 0.4) is 0 Å². The van der Waals surface area contributed by atoms with E-state index in [4.69, 9.17) is 10.8 Å². The first-order chi connectivity index (χ1) is 6.61. The van der Waals surface area contributed by atoms with Crippen molar-refractivity contribution in [1.82, 2.24) is 5.32 Å². The Morgan fingerprint density at radius 3 is 2.50 bits per heavy atom. The third-order valence-corrected chi connectivity index (χ3v) is 2.53. The van der Waals surface area contributed by atoms with Gasteiger partial charge in [0, 0.05) is 12.3 Å². The highest BCUT2D eigenvalue weighted by Gasteiger charge is 2.24. The standard InChI is InChI=1S/C9H16N2O3/c10-7(9(13)14)5-8(12)6-1-3-11-4-2-6/h6-7,11H,1-5,10H2,(H,13,14). The molecule has 0 radical (unpaired) electrons. The zero-order valence-electron chi connectivity index (χ0n) is 8.03. The van der Waals surface area contributed by atoms with Crippen LogP contribution in [0.15, 0.2) is 0 Å². The number of hydrogen-bond acceptors (Lipinski definition) is 4. The molecule has 0 spiro atoms. The quantitative estimate of drug-likeness (QED) is 0.561. The third-order valence-electron chi connectivity index (χ3n) is 2.53. The highest BCUT2D eigenvalue weighted by Crippen LogP contribution is 2.15. The maximum atomic E-state index is 11.5. The molecule has 0 aromatic heterocycles. The lowest BCUT2D eigenvalue weighted by atomic mass is 9.90. The number of hydrogen-bond donors (Lipinski definition) is 3. The average Bonchev–Trinajstić information content (AvgIpc) is 2.19. The molecule has 5 heteroatoms. The molecule has 4 N–H and O–H groups in total. The number of nitrogens with one attached hydrogen (secondary N) is 1. The van der Waals surface area contributed by atoms with Gasteiger partial charge in [0.25, 0.3) is 0 Å². The van der Waals surface area contributed by atoms with Gasteiger partial charge in [-0.05, 0) is 25.9 Å². The van der Waals surface area contributed by atoms with Crippen molar-refractivity contribution in [3.8, 4) is 0 Å². The molecular weight excluding hydrogens is 184 g/mol. The largest absolute Gasteiger partial charge is 0.480 e. The van der Waals surface area contributed by atoms with Crippen LogP contribution in [0.1, 0.15) is 19.3 Å². The second-order valence-electron chi connectivity index (χ2n) is 3.64. The van der Waals surface area contributed by atoms with E-state index >= 15 is 0 Å². The van der Waals surface area contributed by atoms with E-state index in [1.54, 1.807) is 0 Å². The van der Waals surface area contributed by atoms with Crippen molar-refractivity contribution in [2.24, 2.45) is 11.7 Å². The smallest absolute Gasteiger partial charge is 0.320 e. The number of piperidine rings is 1. The first-order valence-corrected chi connectivity index (χ1v) is 4.83. The van der Waals surface area contributed by atoms with E-state index in [1.165, 1.54) is 0 Å². The van der Waals surface area contributed by atoms with Gasteiger partial charge in [0.2, 0.25) is 0 Å². The van der Waals surface area contributed by atoms with Gasteiger partial charge in [0.05, 0.1) is 0 Å². The molecule has 1 aliphatic rings. The lowest BCUT2D eigenvalue weighted by molar-refractivity contribution is -0.140. The number of carbonyl (C=O) groups is 2. The molecule has 1 unspecified atom stereocenters. The van der Waals surface area contributed by atoms with Gasteiger partial charge in [0.1, 0.15) is 11.8 Å². The Labute approximate surface area is 82.7 Å². The van der Waals surface area contributed by atoms with Crippen molar-refractivity contribution in [3.63, 3.8) is 0 Å². The van der Waals surface area contributed by atoms with Gasteiger partial charge in [-0.25, -0.2) is 0 Å². The van der Waals surface area contributed by atoms with Crippen LogP contribution < -0.4 is 11.1 Å². The molecule has 0 amide bonds. The van der Waals surface area contributed by atoms with Gasteiger partial charge in [-0.3, -0.25) is 9.59 Å². The van der Waals surface area contributed by atoms with Crippen molar-refractivity contribution in [2.75, 3.05) is 13.1 Å². The van der Waals surface area contributed by atoms with Crippen LogP contribution in [-0.4, -0.2) is 36.0 Å². The number of carboxylic acids is 1. The minimum Gasteiger partial charge on any atom is -0.480 e. The molecule has 14 heavy (non-hydrogen) atoms. The first kappa shape index (κ1) is 11.1. The van der Waals surface area contributed by atoms with Crippen molar-refractivity contribution in [2.45, 2.75) is 25.3 Å². The Bertz CT molecular complexity index is 224. The van der Waals surface area contributed by atoms with Gasteiger partial charge in [-0.1, -0.05) is 0 Å². The summed E-state index contributed by atoms with van der Waals surface area (Å²) in [6.07, 6.45) is 1.55. The van der Waals surface area contributed by atoms with Crippen LogP contribution >= 0.6 is 0 Å². The van der Waals surface area contributed by atoms with Crippen molar-refractivity contribution in [1.29, 1.82) is 0 Å². The summed E-state index contributed by atoms with van der Waals surface area (Å²) >= 11 is 0. The van der Waals surface area contributed by atoms with Crippen molar-refractivity contribution < 1.29 is 14.7 Å². The van der Waals surface area contributed by atoms with Crippen LogP contribution in [0.4, 0.5) is 0 Å². The lowest BCUT2D eigenvalue weighted by Crippen LogP contribution is -2.37. The summed E-state index contributed by atoms with van der Waals surface area (Å²) in [4.78, 5) is 22.0. The highest BCUT2D eigenvalue weighted by atomic mass is 16.4. The van der Waals surface area contributed by atoms with Gasteiger partial charge >= 0.3 is 5.97 Å². The SMILES string of the molecule is NC(CC(=O)C1CCNCC1)C(=O)O. The average molecular weight is 200 g/mol. The summed E-state index contributed by atoms with van der Waals surface area (Å²) in [5.74, 6) is -1.12. The predicted molar refractivity (Wildman–Crippen MR) is 50.8 cm³/mol. The molecule has 80 valence electrons. The number of Topliss-reactive ketones (excluding diaryl/α,β-unsaturated/α-hetero) is 1. The minimum atomic E-state index is -1.10. The number of aliphatic carboxylic acids is 1. The second kappa shape index (κ2) is 5.07. The predicted octanol–water partition coefficient (Wildman–Crippen LogP) is -0.643. The number of carboxylic acid groups (broad SMARTS) is 1. The minimum absolute atomic E-state index is 0.00153. The Morgan fingerprint density at radius 1 is 1.43 bits per heavy atom. The monoisotopic (exact) mass is 200 g/mol. The van der Waals surface area contributed by atoms with E-state index in [0.29, 0.717) is 0 Å². The molecule has 1 atom stereocenters. The molecule has 0 aromatic carbocycles. The fourth-order valence-corrected chi connectivity index (χ4v) is 1.61. The molecule has 1 aliphatic heterocycles. The summed E-state index contributed by atoms with van der Waals surface area (Å²) in [6, 6.07) is -1.04. The van der Waals surface area contributed by atoms with Crippen LogP contribution in [0.2, 0.25) is 0 Å². The van der Waals surface area contributed by atoms with Gasteiger partial charge in [-0.2, -0.15) is 0 Å². The normalized spacial score (nSPS) is 20.4. The molecule has 1 heterocycles. The van der Waals surface area contributed by atoms with Crippen LogP contribution in [0.5, 0.6) is 0 Å². The Morgan fingerprint density at radius 2 is 2.00 bits per heavy atom. The molecule has 5 nitrogen and oxygen atoms in total. The van der Waals surface area contributed by atoms with E-state index in [0.717, 1.165) is 25.9 Å². The summed E-state index contributed by atoms with van der Waals surface area (Å²) < 4.78 is 0. The topological polar surface area (TPSA) is 92.4 Å². The van der Waals surface area contributed by atoms with Crippen molar-refractivity contribution in [3.05, 3.63) is 0 Å². The van der Waals surface area contributed by atoms with Crippen LogP contribution in [0.25, 0.3) is 0 Å². The highest BCUT2D eigenvalue weighted by molar-refractivity contribution is 5.87. The fraction of sp³-hybridized carbons (Fsp3) is 0.778. The number of rotatable bonds is 4. The zero-order chi connectivity index (χ0) is 10.6. The molecule has 0 bridgehead atoms. The molecular formula is C9H16N2O3. The Hall–Kier alpha value is -0.940. The molecule has 0 aromatic rings. The van der Waals surface area contributed by atoms with Crippen molar-refractivity contribution >= 4 is 11.8 Å². The van der Waals surface area contributed by atoms with Crippen LogP contribution in [0, 0.1) is 5.92 Å². The second-order valence-corrected chi connectivity index (χ2v) is 3.64. The third kappa shape index (κ3) is 3.08. The van der Waals surface area contributed by atoms with Gasteiger partial charge in [-0.15, -0.1) is 0 Å². The molecule has 0 saturated carbocycles. The maximum absolute atomic E-state index is 11.5. The zero-order valence-corrected chi connectivity index (χ0v) is 8.03. The fourth-order valence-electron chi connectivity index (χ4n) is 1.61. The summed E-state index contributed by atoms with van der Waals surface area (Å²) in [5, 5.41) is 11.7. The Kier molecular flexibility index (Phi) is 4.03. The van der Waals surface area contributed by atoms with E-state index in [9.17, 15) is 9.59 Å². The molecule has 1 rings (SSSR count). The van der Waals surface area contributed by atoms with Gasteiger partial charge < -0.3 is 16.2 Å². The summed E-state index contributed by atoms with van der Waals surface area (Å²) in [5.41, 5.74) is 5.29. The van der Waals surface area contributed by atoms with E-state index in [1.807, 2.05) is 0 Å². The number of carbonyl (C=O) groups excluding carboxylic acids is 1. The van der Waals surface area contributed by atoms with E-state index < -0.39 is 12.0 Å². The lowest BCUT2D eigenvalue weighted by Gasteiger charge is -2.21. The molecule has 0 aliphatic carbocycles. The first-order valence-electron chi connectivity index (χ1n) is 4.83. The van der Waals surface area contributed by atoms with E-state index in [2.05, 4.69) is 5.32 Å². The number of ketones is 1.